The zero-order valence-corrected chi connectivity index (χ0v) is 19.1. The van der Waals surface area contributed by atoms with Crippen molar-refractivity contribution in [3.05, 3.63) is 88.2 Å². The molecule has 1 heterocycles. The molecule has 6 heteroatoms. The minimum Gasteiger partial charge on any atom is -0.452 e. The van der Waals surface area contributed by atoms with Crippen molar-refractivity contribution >= 4 is 11.9 Å². The molecule has 0 atom stereocenters. The van der Waals surface area contributed by atoms with E-state index in [9.17, 15) is 9.59 Å². The number of carbonyl (C=O) groups excluding carboxylic acids is 2. The number of hydrogen-bond acceptors (Lipinski definition) is 4. The number of aryl methyl sites for hydroxylation is 2. The van der Waals surface area contributed by atoms with Gasteiger partial charge in [-0.3, -0.25) is 9.48 Å². The largest absolute Gasteiger partial charge is 0.452 e. The van der Waals surface area contributed by atoms with E-state index in [-0.39, 0.29) is 12.5 Å². The Morgan fingerprint density at radius 3 is 2.41 bits per heavy atom. The summed E-state index contributed by atoms with van der Waals surface area (Å²) >= 11 is 0. The molecule has 1 N–H and O–H groups in total. The Hall–Kier alpha value is -3.41. The number of nitrogens with zero attached hydrogens (tertiary/aromatic N) is 2. The Labute approximate surface area is 189 Å². The Morgan fingerprint density at radius 2 is 1.72 bits per heavy atom. The summed E-state index contributed by atoms with van der Waals surface area (Å²) in [5.74, 6) is -0.835. The Balaban J connectivity index is 1.49. The molecule has 6 nitrogen and oxygen atoms in total. The van der Waals surface area contributed by atoms with E-state index in [1.165, 1.54) is 11.1 Å². The second-order valence-corrected chi connectivity index (χ2v) is 7.95. The lowest BCUT2D eigenvalue weighted by atomic mass is 10.1. The predicted octanol–water partition coefficient (Wildman–Crippen LogP) is 4.36. The third-order valence-corrected chi connectivity index (χ3v) is 5.51. The van der Waals surface area contributed by atoms with Crippen molar-refractivity contribution in [3.63, 3.8) is 0 Å². The molecule has 32 heavy (non-hydrogen) atoms. The van der Waals surface area contributed by atoms with Gasteiger partial charge in [0.2, 0.25) is 0 Å². The van der Waals surface area contributed by atoms with Gasteiger partial charge in [0.25, 0.3) is 5.91 Å². The van der Waals surface area contributed by atoms with Crippen molar-refractivity contribution in [1.82, 2.24) is 15.1 Å². The topological polar surface area (TPSA) is 73.2 Å². The summed E-state index contributed by atoms with van der Waals surface area (Å²) < 4.78 is 7.11. The Morgan fingerprint density at radius 1 is 1.00 bits per heavy atom. The molecule has 1 aromatic heterocycles. The molecule has 1 amide bonds. The Kier molecular flexibility index (Phi) is 8.20. The molecular formula is C26H31N3O3. The molecule has 168 valence electrons. The van der Waals surface area contributed by atoms with E-state index in [1.54, 1.807) is 12.1 Å². The van der Waals surface area contributed by atoms with Gasteiger partial charge in [0.05, 0.1) is 17.8 Å². The number of ether oxygens (including phenoxy) is 1. The summed E-state index contributed by atoms with van der Waals surface area (Å²) in [6.07, 6.45) is 3.24. The summed E-state index contributed by atoms with van der Waals surface area (Å²) in [5.41, 5.74) is 5.67. The van der Waals surface area contributed by atoms with E-state index < -0.39 is 5.97 Å². The van der Waals surface area contributed by atoms with Crippen LogP contribution in [0.1, 0.15) is 58.2 Å². The van der Waals surface area contributed by atoms with E-state index in [0.29, 0.717) is 18.7 Å². The third-order valence-electron chi connectivity index (χ3n) is 5.51. The molecule has 2 aromatic carbocycles. The van der Waals surface area contributed by atoms with Gasteiger partial charge >= 0.3 is 5.97 Å². The van der Waals surface area contributed by atoms with Crippen LogP contribution in [-0.2, 0) is 29.0 Å². The minimum absolute atomic E-state index is 0.313. The van der Waals surface area contributed by atoms with Crippen LogP contribution < -0.4 is 5.32 Å². The first-order valence-electron chi connectivity index (χ1n) is 11.1. The van der Waals surface area contributed by atoms with Gasteiger partial charge in [0.15, 0.2) is 6.61 Å². The van der Waals surface area contributed by atoms with Gasteiger partial charge in [-0.2, -0.15) is 5.10 Å². The summed E-state index contributed by atoms with van der Waals surface area (Å²) in [5, 5.41) is 7.43. The number of nitrogens with one attached hydrogen (secondary N) is 1. The summed E-state index contributed by atoms with van der Waals surface area (Å²) in [7, 11) is 0. The van der Waals surface area contributed by atoms with Gasteiger partial charge in [-0.1, -0.05) is 55.8 Å². The molecule has 0 saturated heterocycles. The number of aromatic nitrogens is 2. The number of rotatable bonds is 10. The van der Waals surface area contributed by atoms with Crippen LogP contribution in [0.2, 0.25) is 0 Å². The van der Waals surface area contributed by atoms with Crippen molar-refractivity contribution in [2.45, 2.75) is 53.1 Å². The van der Waals surface area contributed by atoms with Gasteiger partial charge in [-0.25, -0.2) is 4.79 Å². The van der Waals surface area contributed by atoms with E-state index in [4.69, 9.17) is 4.74 Å². The second-order valence-electron chi connectivity index (χ2n) is 7.95. The summed E-state index contributed by atoms with van der Waals surface area (Å²) in [6, 6.07) is 17.5. The lowest BCUT2D eigenvalue weighted by Crippen LogP contribution is -2.28. The number of benzene rings is 2. The van der Waals surface area contributed by atoms with Gasteiger partial charge in [0, 0.05) is 17.8 Å². The Bertz CT molecular complexity index is 1040. The van der Waals surface area contributed by atoms with E-state index >= 15 is 0 Å². The fraction of sp³-hybridized carbons (Fsp3) is 0.346. The van der Waals surface area contributed by atoms with Crippen LogP contribution in [0.25, 0.3) is 0 Å². The van der Waals surface area contributed by atoms with Crippen LogP contribution in [0.3, 0.4) is 0 Å². The highest BCUT2D eigenvalue weighted by Crippen LogP contribution is 2.15. The fourth-order valence-electron chi connectivity index (χ4n) is 3.54. The van der Waals surface area contributed by atoms with E-state index in [2.05, 4.69) is 29.5 Å². The van der Waals surface area contributed by atoms with Crippen LogP contribution in [0.15, 0.2) is 54.6 Å². The average molecular weight is 434 g/mol. The maximum absolute atomic E-state index is 12.2. The number of unbranched alkanes of at least 4 members (excludes halogenated alkanes) is 1. The van der Waals surface area contributed by atoms with Crippen LogP contribution in [-0.4, -0.2) is 28.3 Å². The third kappa shape index (κ3) is 6.30. The number of carbonyl (C=O) groups is 2. The highest BCUT2D eigenvalue weighted by atomic mass is 16.5. The maximum atomic E-state index is 12.2. The van der Waals surface area contributed by atoms with Crippen molar-refractivity contribution in [1.29, 1.82) is 0 Å². The molecule has 0 aliphatic rings. The number of hydrogen-bond donors (Lipinski definition) is 1. The molecule has 0 spiro atoms. The normalized spacial score (nSPS) is 10.7. The van der Waals surface area contributed by atoms with Gasteiger partial charge in [-0.05, 0) is 49.9 Å². The summed E-state index contributed by atoms with van der Waals surface area (Å²) in [6.45, 7) is 6.78. The molecule has 0 saturated carbocycles. The van der Waals surface area contributed by atoms with Crippen LogP contribution >= 0.6 is 0 Å². The zero-order chi connectivity index (χ0) is 22.9. The number of amides is 1. The number of esters is 1. The van der Waals surface area contributed by atoms with Crippen molar-refractivity contribution in [2.24, 2.45) is 0 Å². The molecule has 3 rings (SSSR count). The van der Waals surface area contributed by atoms with Gasteiger partial charge < -0.3 is 10.1 Å². The van der Waals surface area contributed by atoms with Crippen LogP contribution in [0.5, 0.6) is 0 Å². The van der Waals surface area contributed by atoms with E-state index in [0.717, 1.165) is 36.2 Å². The van der Waals surface area contributed by atoms with Crippen LogP contribution in [0, 0.1) is 13.8 Å². The minimum atomic E-state index is -0.495. The molecule has 0 fully saturated rings. The lowest BCUT2D eigenvalue weighted by Gasteiger charge is -2.08. The molecule has 0 aliphatic heterocycles. The fourth-order valence-corrected chi connectivity index (χ4v) is 3.54. The monoisotopic (exact) mass is 433 g/mol. The smallest absolute Gasteiger partial charge is 0.338 e. The molecule has 0 bridgehead atoms. The standard InChI is InChI=1S/C26H31N3O3/c1-4-5-9-21-12-14-23(15-13-21)26(31)32-18-25(30)27-16-24-19(2)28-29(20(24)3)17-22-10-7-6-8-11-22/h6-8,10-15H,4-5,9,16-18H2,1-3H3,(H,27,30). The maximum Gasteiger partial charge on any atom is 0.338 e. The van der Waals surface area contributed by atoms with E-state index in [1.807, 2.05) is 48.9 Å². The lowest BCUT2D eigenvalue weighted by molar-refractivity contribution is -0.124. The first kappa shape index (κ1) is 23.3. The first-order chi connectivity index (χ1) is 15.5. The highest BCUT2D eigenvalue weighted by molar-refractivity contribution is 5.91. The molecule has 0 radical (unpaired) electrons. The van der Waals surface area contributed by atoms with Gasteiger partial charge in [-0.15, -0.1) is 0 Å². The SMILES string of the molecule is CCCCc1ccc(C(=O)OCC(=O)NCc2c(C)nn(Cc3ccccc3)c2C)cc1. The predicted molar refractivity (Wildman–Crippen MR) is 124 cm³/mol. The molecule has 0 unspecified atom stereocenters. The summed E-state index contributed by atoms with van der Waals surface area (Å²) in [4.78, 5) is 24.4. The second kappa shape index (κ2) is 11.3. The quantitative estimate of drug-likeness (QED) is 0.482. The molecular weight excluding hydrogens is 402 g/mol. The molecule has 0 aliphatic carbocycles. The zero-order valence-electron chi connectivity index (χ0n) is 19.1. The highest BCUT2D eigenvalue weighted by Gasteiger charge is 2.14. The van der Waals surface area contributed by atoms with Crippen molar-refractivity contribution in [2.75, 3.05) is 6.61 Å². The average Bonchev–Trinajstić information content (AvgIpc) is 3.07. The van der Waals surface area contributed by atoms with Crippen molar-refractivity contribution in [3.8, 4) is 0 Å². The first-order valence-corrected chi connectivity index (χ1v) is 11.1. The van der Waals surface area contributed by atoms with Gasteiger partial charge in [0.1, 0.15) is 0 Å². The molecule has 3 aromatic rings. The van der Waals surface area contributed by atoms with Crippen LogP contribution in [0.4, 0.5) is 0 Å². The van der Waals surface area contributed by atoms with Crippen molar-refractivity contribution < 1.29 is 14.3 Å².